The van der Waals surface area contributed by atoms with E-state index in [2.05, 4.69) is 21.5 Å². The van der Waals surface area contributed by atoms with E-state index in [-0.39, 0.29) is 23.9 Å². The average Bonchev–Trinajstić information content (AvgIpc) is 2.68. The van der Waals surface area contributed by atoms with Crippen LogP contribution in [-0.4, -0.2) is 35.1 Å². The quantitative estimate of drug-likeness (QED) is 0.498. The molecule has 0 saturated heterocycles. The molecule has 0 radical (unpaired) electrons. The highest BCUT2D eigenvalue weighted by Crippen LogP contribution is 2.17. The first kappa shape index (κ1) is 14.2. The van der Waals surface area contributed by atoms with E-state index in [9.17, 15) is 9.59 Å². The third-order valence-corrected chi connectivity index (χ3v) is 3.13. The minimum absolute atomic E-state index is 0.125. The van der Waals surface area contributed by atoms with Crippen molar-refractivity contribution in [3.63, 3.8) is 0 Å². The fraction of sp³-hybridized carbons (Fsp3) is 0.364. The zero-order chi connectivity index (χ0) is 13.5. The smallest absolute Gasteiger partial charge is 0.347 e. The maximum Gasteiger partial charge on any atom is 0.347 e. The lowest BCUT2D eigenvalue weighted by Gasteiger charge is -2.02. The molecule has 1 aromatic rings. The van der Waals surface area contributed by atoms with Crippen LogP contribution in [0.4, 0.5) is 0 Å². The van der Waals surface area contributed by atoms with Gasteiger partial charge in [0.05, 0.1) is 25.3 Å². The number of carboxylic acids is 1. The van der Waals surface area contributed by atoms with Crippen molar-refractivity contribution in [1.29, 1.82) is 0 Å². The summed E-state index contributed by atoms with van der Waals surface area (Å²) in [7, 11) is 0. The molecular formula is C11H13N3O3S. The Kier molecular flexibility index (Phi) is 5.30. The molecule has 0 fully saturated rings. The number of nitrogens with one attached hydrogen (secondary N) is 2. The first-order valence-electron chi connectivity index (χ1n) is 5.15. The minimum atomic E-state index is -1.00. The molecule has 0 aliphatic carbocycles. The number of nitrogens with zero attached hydrogens (tertiary/aromatic N) is 1. The summed E-state index contributed by atoms with van der Waals surface area (Å²) in [6.07, 6.45) is 5.02. The van der Waals surface area contributed by atoms with Crippen molar-refractivity contribution < 1.29 is 14.7 Å². The standard InChI is InChI=1S/C11H13N3O3S/c1-3-4-12-5-8(15)13-6-9-14-7(2)10(18-9)11(16)17/h1,12H,4-6H2,2H3,(H,13,15)(H,16,17). The molecule has 1 heterocycles. The van der Waals surface area contributed by atoms with Crippen LogP contribution in [0.5, 0.6) is 0 Å². The van der Waals surface area contributed by atoms with Gasteiger partial charge < -0.3 is 10.4 Å². The van der Waals surface area contributed by atoms with E-state index < -0.39 is 5.97 Å². The molecule has 3 N–H and O–H groups in total. The molecule has 7 heteroatoms. The summed E-state index contributed by atoms with van der Waals surface area (Å²) in [5, 5.41) is 14.8. The van der Waals surface area contributed by atoms with Crippen LogP contribution < -0.4 is 10.6 Å². The molecule has 0 bridgehead atoms. The summed E-state index contributed by atoms with van der Waals surface area (Å²) in [5.41, 5.74) is 0.460. The van der Waals surface area contributed by atoms with Crippen molar-refractivity contribution in [1.82, 2.24) is 15.6 Å². The Bertz CT molecular complexity index is 490. The zero-order valence-electron chi connectivity index (χ0n) is 9.82. The van der Waals surface area contributed by atoms with Gasteiger partial charge in [-0.1, -0.05) is 5.92 Å². The summed E-state index contributed by atoms with van der Waals surface area (Å²) in [5.74, 6) is 1.14. The highest BCUT2D eigenvalue weighted by molar-refractivity contribution is 7.13. The Hall–Kier alpha value is -1.91. The van der Waals surface area contributed by atoms with Crippen molar-refractivity contribution in [2.24, 2.45) is 0 Å². The van der Waals surface area contributed by atoms with Gasteiger partial charge in [-0.15, -0.1) is 17.8 Å². The molecule has 0 saturated carbocycles. The van der Waals surface area contributed by atoms with Gasteiger partial charge in [0.25, 0.3) is 0 Å². The first-order valence-corrected chi connectivity index (χ1v) is 5.96. The summed E-state index contributed by atoms with van der Waals surface area (Å²) in [4.78, 5) is 26.4. The van der Waals surface area contributed by atoms with Crippen molar-refractivity contribution in [2.45, 2.75) is 13.5 Å². The van der Waals surface area contributed by atoms with Crippen LogP contribution in [0.1, 0.15) is 20.4 Å². The summed E-state index contributed by atoms with van der Waals surface area (Å²) < 4.78 is 0. The number of carboxylic acid groups (broad SMARTS) is 1. The van der Waals surface area contributed by atoms with Gasteiger partial charge in [-0.05, 0) is 6.92 Å². The number of aryl methyl sites for hydroxylation is 1. The van der Waals surface area contributed by atoms with Crippen molar-refractivity contribution in [3.8, 4) is 12.3 Å². The number of terminal acetylenes is 1. The highest BCUT2D eigenvalue weighted by atomic mass is 32.1. The zero-order valence-corrected chi connectivity index (χ0v) is 10.6. The number of rotatable bonds is 6. The van der Waals surface area contributed by atoms with E-state index in [1.54, 1.807) is 6.92 Å². The number of aromatic carboxylic acids is 1. The molecule has 0 aromatic carbocycles. The summed E-state index contributed by atoms with van der Waals surface area (Å²) in [6, 6.07) is 0. The fourth-order valence-electron chi connectivity index (χ4n) is 1.21. The largest absolute Gasteiger partial charge is 0.477 e. The van der Waals surface area contributed by atoms with Gasteiger partial charge in [-0.3, -0.25) is 10.1 Å². The van der Waals surface area contributed by atoms with Crippen LogP contribution in [0.25, 0.3) is 0 Å². The number of thiazole rings is 1. The Balaban J connectivity index is 2.44. The Morgan fingerprint density at radius 3 is 2.83 bits per heavy atom. The molecule has 0 aliphatic heterocycles. The maximum atomic E-state index is 11.3. The molecule has 6 nitrogen and oxygen atoms in total. The van der Waals surface area contributed by atoms with E-state index in [4.69, 9.17) is 11.5 Å². The van der Waals surface area contributed by atoms with E-state index in [1.165, 1.54) is 0 Å². The Labute approximate surface area is 108 Å². The van der Waals surface area contributed by atoms with Crippen LogP contribution in [0.15, 0.2) is 0 Å². The van der Waals surface area contributed by atoms with Crippen LogP contribution >= 0.6 is 11.3 Å². The molecular weight excluding hydrogens is 254 g/mol. The topological polar surface area (TPSA) is 91.3 Å². The molecule has 0 atom stereocenters. The Morgan fingerprint density at radius 1 is 1.56 bits per heavy atom. The predicted molar refractivity (Wildman–Crippen MR) is 67.4 cm³/mol. The maximum absolute atomic E-state index is 11.3. The van der Waals surface area contributed by atoms with Crippen LogP contribution in [0.2, 0.25) is 0 Å². The van der Waals surface area contributed by atoms with Gasteiger partial charge in [0.1, 0.15) is 9.88 Å². The highest BCUT2D eigenvalue weighted by Gasteiger charge is 2.14. The third kappa shape index (κ3) is 4.16. The Morgan fingerprint density at radius 2 is 2.28 bits per heavy atom. The predicted octanol–water partition coefficient (Wildman–Crippen LogP) is -0.0113. The molecule has 96 valence electrons. The van der Waals surface area contributed by atoms with Gasteiger partial charge in [-0.2, -0.15) is 0 Å². The van der Waals surface area contributed by atoms with Crippen molar-refractivity contribution in [3.05, 3.63) is 15.6 Å². The second-order valence-electron chi connectivity index (χ2n) is 3.41. The molecule has 0 spiro atoms. The monoisotopic (exact) mass is 267 g/mol. The molecule has 1 amide bonds. The number of hydrogen-bond donors (Lipinski definition) is 3. The second-order valence-corrected chi connectivity index (χ2v) is 4.50. The third-order valence-electron chi connectivity index (χ3n) is 1.98. The lowest BCUT2D eigenvalue weighted by Crippen LogP contribution is -2.33. The van der Waals surface area contributed by atoms with E-state index in [0.717, 1.165) is 11.3 Å². The molecule has 18 heavy (non-hydrogen) atoms. The molecule has 1 rings (SSSR count). The minimum Gasteiger partial charge on any atom is -0.477 e. The second kappa shape index (κ2) is 6.74. The molecule has 1 aromatic heterocycles. The van der Waals surface area contributed by atoms with Gasteiger partial charge >= 0.3 is 5.97 Å². The van der Waals surface area contributed by atoms with Gasteiger partial charge in [-0.25, -0.2) is 9.78 Å². The number of aromatic nitrogens is 1. The van der Waals surface area contributed by atoms with E-state index in [1.807, 2.05) is 0 Å². The summed E-state index contributed by atoms with van der Waals surface area (Å²) in [6.45, 7) is 2.29. The summed E-state index contributed by atoms with van der Waals surface area (Å²) >= 11 is 1.06. The van der Waals surface area contributed by atoms with E-state index >= 15 is 0 Å². The number of carbonyl (C=O) groups excluding carboxylic acids is 1. The van der Waals surface area contributed by atoms with E-state index in [0.29, 0.717) is 17.2 Å². The lowest BCUT2D eigenvalue weighted by molar-refractivity contribution is -0.120. The van der Waals surface area contributed by atoms with Crippen LogP contribution in [0.3, 0.4) is 0 Å². The molecule has 0 unspecified atom stereocenters. The number of amides is 1. The van der Waals surface area contributed by atoms with Gasteiger partial charge in [0, 0.05) is 0 Å². The first-order chi connectivity index (χ1) is 8.54. The van der Waals surface area contributed by atoms with Crippen molar-refractivity contribution in [2.75, 3.05) is 13.1 Å². The normalized spacial score (nSPS) is 9.78. The number of hydrogen-bond acceptors (Lipinski definition) is 5. The van der Waals surface area contributed by atoms with Crippen LogP contribution in [-0.2, 0) is 11.3 Å². The number of carbonyl (C=O) groups is 2. The molecule has 0 aliphatic rings. The van der Waals surface area contributed by atoms with Gasteiger partial charge in [0.15, 0.2) is 0 Å². The lowest BCUT2D eigenvalue weighted by atomic mass is 10.4. The SMILES string of the molecule is C#CCNCC(=O)NCc1nc(C)c(C(=O)O)s1. The average molecular weight is 267 g/mol. The van der Waals surface area contributed by atoms with Crippen molar-refractivity contribution >= 4 is 23.2 Å². The van der Waals surface area contributed by atoms with Gasteiger partial charge in [0.2, 0.25) is 5.91 Å². The van der Waals surface area contributed by atoms with Crippen LogP contribution in [0, 0.1) is 19.3 Å². The fourth-order valence-corrected chi connectivity index (χ4v) is 2.05.